The third-order valence-electron chi connectivity index (χ3n) is 4.14. The number of carbonyl (C=O) groups excluding carboxylic acids is 2. The predicted molar refractivity (Wildman–Crippen MR) is 91.0 cm³/mol. The third-order valence-corrected chi connectivity index (χ3v) is 4.14. The van der Waals surface area contributed by atoms with Crippen LogP contribution in [0.15, 0.2) is 29.8 Å². The van der Waals surface area contributed by atoms with Crippen LogP contribution in [0.5, 0.6) is 0 Å². The molecule has 7 heteroatoms. The largest absolute Gasteiger partial charge is 0.461 e. The van der Waals surface area contributed by atoms with Crippen LogP contribution in [-0.2, 0) is 21.3 Å². The van der Waals surface area contributed by atoms with Crippen LogP contribution < -0.4 is 5.32 Å². The highest BCUT2D eigenvalue weighted by Gasteiger charge is 2.26. The number of benzene rings is 1. The lowest BCUT2D eigenvalue weighted by Crippen LogP contribution is -2.21. The van der Waals surface area contributed by atoms with Crippen molar-refractivity contribution < 1.29 is 23.5 Å². The number of rotatable bonds is 4. The fourth-order valence-electron chi connectivity index (χ4n) is 2.93. The van der Waals surface area contributed by atoms with E-state index < -0.39 is 11.8 Å². The first-order valence-electron chi connectivity index (χ1n) is 8.06. The Morgan fingerprint density at radius 2 is 2.20 bits per heavy atom. The van der Waals surface area contributed by atoms with Gasteiger partial charge < -0.3 is 19.4 Å². The summed E-state index contributed by atoms with van der Waals surface area (Å²) in [5.74, 6) is -1.50. The molecule has 1 aliphatic heterocycles. The number of aromatic nitrogens is 1. The zero-order chi connectivity index (χ0) is 18.0. The third kappa shape index (κ3) is 3.15. The number of hydrogen-bond donors (Lipinski definition) is 1. The Morgan fingerprint density at radius 1 is 1.40 bits per heavy atom. The van der Waals surface area contributed by atoms with Crippen molar-refractivity contribution in [2.75, 3.05) is 25.1 Å². The molecule has 1 aliphatic rings. The van der Waals surface area contributed by atoms with Gasteiger partial charge in [0, 0.05) is 19.0 Å². The Morgan fingerprint density at radius 3 is 2.88 bits per heavy atom. The minimum Gasteiger partial charge on any atom is -0.461 e. The van der Waals surface area contributed by atoms with Crippen molar-refractivity contribution >= 4 is 28.5 Å². The van der Waals surface area contributed by atoms with Gasteiger partial charge in [-0.1, -0.05) is 12.1 Å². The zero-order valence-corrected chi connectivity index (χ0v) is 14.1. The number of hydrogen-bond acceptors (Lipinski definition) is 4. The van der Waals surface area contributed by atoms with Crippen molar-refractivity contribution in [1.82, 2.24) is 4.57 Å². The molecule has 0 saturated carbocycles. The lowest BCUT2D eigenvalue weighted by Gasteiger charge is -2.14. The molecule has 1 N–H and O–H groups in total. The van der Waals surface area contributed by atoms with Crippen molar-refractivity contribution in [3.05, 3.63) is 41.4 Å². The first-order valence-corrected chi connectivity index (χ1v) is 8.06. The number of aryl methyl sites for hydroxylation is 1. The van der Waals surface area contributed by atoms with Crippen molar-refractivity contribution in [1.29, 1.82) is 0 Å². The van der Waals surface area contributed by atoms with Crippen molar-refractivity contribution in [2.45, 2.75) is 13.3 Å². The highest BCUT2D eigenvalue weighted by atomic mass is 19.1. The predicted octanol–water partition coefficient (Wildman–Crippen LogP) is 2.78. The van der Waals surface area contributed by atoms with Crippen LogP contribution in [0, 0.1) is 5.82 Å². The quantitative estimate of drug-likeness (QED) is 0.865. The molecule has 0 bridgehead atoms. The van der Waals surface area contributed by atoms with Crippen molar-refractivity contribution in [3.8, 4) is 0 Å². The standard InChI is InChI=1S/C18H19FN2O4/c1-3-25-18(23)16-15(20-17(22)11-7-9-24-10-8-11)14-12(19)5-4-6-13(14)21(16)2/h4-7H,3,8-10H2,1-2H3,(H,20,22). The normalized spacial score (nSPS) is 14.3. The van der Waals surface area contributed by atoms with Crippen molar-refractivity contribution in [2.24, 2.45) is 7.05 Å². The second-order valence-corrected chi connectivity index (χ2v) is 5.65. The monoisotopic (exact) mass is 346 g/mol. The number of ether oxygens (including phenoxy) is 2. The first-order chi connectivity index (χ1) is 12.0. The van der Waals surface area contributed by atoms with Gasteiger partial charge in [-0.2, -0.15) is 0 Å². The van der Waals surface area contributed by atoms with E-state index >= 15 is 0 Å². The van der Waals surface area contributed by atoms with E-state index in [1.165, 1.54) is 10.6 Å². The van der Waals surface area contributed by atoms with Gasteiger partial charge in [0.1, 0.15) is 5.82 Å². The first kappa shape index (κ1) is 17.2. The van der Waals surface area contributed by atoms with E-state index in [2.05, 4.69) is 5.32 Å². The number of nitrogens with zero attached hydrogens (tertiary/aromatic N) is 1. The molecule has 0 atom stereocenters. The van der Waals surface area contributed by atoms with Crippen LogP contribution in [0.1, 0.15) is 23.8 Å². The molecule has 6 nitrogen and oxygen atoms in total. The molecule has 1 amide bonds. The Labute approximate surface area is 144 Å². The van der Waals surface area contributed by atoms with Crippen LogP contribution in [-0.4, -0.2) is 36.3 Å². The molecule has 132 valence electrons. The minimum atomic E-state index is -0.614. The molecule has 0 fully saturated rings. The second-order valence-electron chi connectivity index (χ2n) is 5.65. The summed E-state index contributed by atoms with van der Waals surface area (Å²) in [5.41, 5.74) is 1.29. The van der Waals surface area contributed by atoms with Crippen LogP contribution in [0.4, 0.5) is 10.1 Å². The maximum absolute atomic E-state index is 14.4. The molecule has 0 unspecified atom stereocenters. The molecule has 1 aromatic heterocycles. The molecule has 1 aromatic carbocycles. The zero-order valence-electron chi connectivity index (χ0n) is 14.1. The molecular formula is C18H19FN2O4. The summed E-state index contributed by atoms with van der Waals surface area (Å²) in [7, 11) is 1.64. The lowest BCUT2D eigenvalue weighted by atomic mass is 10.1. The van der Waals surface area contributed by atoms with Gasteiger partial charge in [0.25, 0.3) is 5.91 Å². The van der Waals surface area contributed by atoms with E-state index in [1.807, 2.05) is 0 Å². The summed E-state index contributed by atoms with van der Waals surface area (Å²) < 4.78 is 26.2. The fraction of sp³-hybridized carbons (Fsp3) is 0.333. The van der Waals surface area contributed by atoms with Crippen LogP contribution in [0.2, 0.25) is 0 Å². The summed E-state index contributed by atoms with van der Waals surface area (Å²) in [4.78, 5) is 24.9. The summed E-state index contributed by atoms with van der Waals surface area (Å²) in [5, 5.41) is 2.89. The molecule has 25 heavy (non-hydrogen) atoms. The van der Waals surface area contributed by atoms with Gasteiger partial charge in [-0.25, -0.2) is 9.18 Å². The number of anilines is 1. The molecule has 0 radical (unpaired) electrons. The molecule has 2 aromatic rings. The Kier molecular flexibility index (Phi) is 4.85. The van der Waals surface area contributed by atoms with Gasteiger partial charge in [0.15, 0.2) is 5.69 Å². The van der Waals surface area contributed by atoms with Crippen LogP contribution >= 0.6 is 0 Å². The average molecular weight is 346 g/mol. The maximum Gasteiger partial charge on any atom is 0.357 e. The SMILES string of the molecule is CCOC(=O)c1c(NC(=O)C2=CCOCC2)c2c(F)cccc2n1C. The molecular weight excluding hydrogens is 327 g/mol. The summed E-state index contributed by atoms with van der Waals surface area (Å²) in [6.45, 7) is 2.68. The minimum absolute atomic E-state index is 0.114. The number of nitrogens with one attached hydrogen (secondary N) is 1. The average Bonchev–Trinajstić information content (AvgIpc) is 2.89. The Bertz CT molecular complexity index is 870. The van der Waals surface area contributed by atoms with Gasteiger partial charge in [-0.15, -0.1) is 0 Å². The van der Waals surface area contributed by atoms with Crippen molar-refractivity contribution in [3.63, 3.8) is 0 Å². The van der Waals surface area contributed by atoms with E-state index in [1.54, 1.807) is 32.2 Å². The van der Waals surface area contributed by atoms with Crippen LogP contribution in [0.25, 0.3) is 10.9 Å². The van der Waals surface area contributed by atoms with E-state index in [-0.39, 0.29) is 29.3 Å². The smallest absolute Gasteiger partial charge is 0.357 e. The highest BCUT2D eigenvalue weighted by molar-refractivity contribution is 6.14. The number of fused-ring (bicyclic) bond motifs is 1. The molecule has 3 rings (SSSR count). The molecule has 0 spiro atoms. The van der Waals surface area contributed by atoms with Gasteiger partial charge in [0.05, 0.1) is 36.4 Å². The molecule has 0 saturated heterocycles. The fourth-order valence-corrected chi connectivity index (χ4v) is 2.93. The topological polar surface area (TPSA) is 69.6 Å². The Hall–Kier alpha value is -2.67. The van der Waals surface area contributed by atoms with Crippen LogP contribution in [0.3, 0.4) is 0 Å². The second kappa shape index (κ2) is 7.06. The van der Waals surface area contributed by atoms with E-state index in [0.29, 0.717) is 30.7 Å². The van der Waals surface area contributed by atoms with Gasteiger partial charge >= 0.3 is 5.97 Å². The maximum atomic E-state index is 14.4. The lowest BCUT2D eigenvalue weighted by molar-refractivity contribution is -0.113. The summed E-state index contributed by atoms with van der Waals surface area (Å²) >= 11 is 0. The number of carbonyl (C=O) groups is 2. The van der Waals surface area contributed by atoms with E-state index in [4.69, 9.17) is 9.47 Å². The Balaban J connectivity index is 2.11. The van der Waals surface area contributed by atoms with Gasteiger partial charge in [-0.3, -0.25) is 4.79 Å². The summed E-state index contributed by atoms with van der Waals surface area (Å²) in [6.07, 6.45) is 2.15. The highest BCUT2D eigenvalue weighted by Crippen LogP contribution is 2.33. The van der Waals surface area contributed by atoms with E-state index in [9.17, 15) is 14.0 Å². The molecule has 0 aliphatic carbocycles. The number of esters is 1. The van der Waals surface area contributed by atoms with Gasteiger partial charge in [0.2, 0.25) is 0 Å². The summed E-state index contributed by atoms with van der Waals surface area (Å²) in [6, 6.07) is 4.53. The van der Waals surface area contributed by atoms with Gasteiger partial charge in [-0.05, 0) is 19.1 Å². The number of amides is 1. The number of halogens is 1. The van der Waals surface area contributed by atoms with E-state index in [0.717, 1.165) is 0 Å². The molecule has 2 heterocycles.